The molecule has 1 aromatic carbocycles. The fourth-order valence-electron chi connectivity index (χ4n) is 1.90. The van der Waals surface area contributed by atoms with Crippen LogP contribution in [0.2, 0.25) is 0 Å². The Bertz CT molecular complexity index is 561. The van der Waals surface area contributed by atoms with Gasteiger partial charge in [-0.15, -0.1) is 0 Å². The molecule has 2 rings (SSSR count). The molecule has 0 saturated carbocycles. The van der Waals surface area contributed by atoms with Gasteiger partial charge in [0.15, 0.2) is 0 Å². The van der Waals surface area contributed by atoms with E-state index in [9.17, 15) is 13.2 Å². The summed E-state index contributed by atoms with van der Waals surface area (Å²) >= 11 is 0. The molecule has 110 valence electrons. The highest BCUT2D eigenvalue weighted by atomic mass is 32.2. The van der Waals surface area contributed by atoms with Gasteiger partial charge in [-0.3, -0.25) is 0 Å². The largest absolute Gasteiger partial charge is 0.421 e. The van der Waals surface area contributed by atoms with Gasteiger partial charge in [-0.2, -0.15) is 8.42 Å². The molecule has 1 aromatic rings. The third-order valence-corrected chi connectivity index (χ3v) is 4.32. The zero-order valence-electron chi connectivity index (χ0n) is 11.2. The lowest BCUT2D eigenvalue weighted by Crippen LogP contribution is -2.29. The van der Waals surface area contributed by atoms with Crippen molar-refractivity contribution >= 4 is 16.2 Å². The molecule has 0 aromatic heterocycles. The van der Waals surface area contributed by atoms with Crippen molar-refractivity contribution in [2.75, 3.05) is 19.9 Å². The topological polar surface area (TPSA) is 72.9 Å². The quantitative estimate of drug-likeness (QED) is 0.627. The van der Waals surface area contributed by atoms with Crippen molar-refractivity contribution in [3.63, 3.8) is 0 Å². The smallest absolute Gasteiger partial charge is 0.411 e. The molecule has 1 fully saturated rings. The zero-order chi connectivity index (χ0) is 14.6. The average molecular weight is 299 g/mol. The van der Waals surface area contributed by atoms with Gasteiger partial charge in [0.05, 0.1) is 4.90 Å². The Labute approximate surface area is 118 Å². The Kier molecular flexibility index (Phi) is 4.61. The summed E-state index contributed by atoms with van der Waals surface area (Å²) in [5, 5.41) is 0. The first-order valence-electron chi connectivity index (χ1n) is 6.37. The van der Waals surface area contributed by atoms with Gasteiger partial charge in [-0.1, -0.05) is 17.7 Å². The van der Waals surface area contributed by atoms with Crippen molar-refractivity contribution in [3.8, 4) is 0 Å². The third-order valence-electron chi connectivity index (χ3n) is 3.06. The van der Waals surface area contributed by atoms with Crippen LogP contribution in [-0.4, -0.2) is 39.3 Å². The van der Waals surface area contributed by atoms with Crippen molar-refractivity contribution in [2.45, 2.75) is 24.7 Å². The van der Waals surface area contributed by atoms with Crippen molar-refractivity contribution < 1.29 is 22.1 Å². The zero-order valence-corrected chi connectivity index (χ0v) is 12.1. The van der Waals surface area contributed by atoms with Gasteiger partial charge in [-0.25, -0.2) is 8.98 Å². The molecule has 6 nitrogen and oxygen atoms in total. The predicted octanol–water partition coefficient (Wildman–Crippen LogP) is 1.89. The van der Waals surface area contributed by atoms with Gasteiger partial charge in [0.25, 0.3) is 10.1 Å². The minimum absolute atomic E-state index is 0.0420. The Balaban J connectivity index is 1.86. The van der Waals surface area contributed by atoms with Gasteiger partial charge in [0, 0.05) is 13.1 Å². The van der Waals surface area contributed by atoms with E-state index >= 15 is 0 Å². The van der Waals surface area contributed by atoms with E-state index in [1.54, 1.807) is 12.1 Å². The molecule has 0 spiro atoms. The maximum atomic E-state index is 11.8. The van der Waals surface area contributed by atoms with E-state index in [1.165, 1.54) is 17.0 Å². The van der Waals surface area contributed by atoms with Gasteiger partial charge < -0.3 is 9.64 Å². The summed E-state index contributed by atoms with van der Waals surface area (Å²) in [7, 11) is -3.89. The van der Waals surface area contributed by atoms with Crippen LogP contribution in [0.3, 0.4) is 0 Å². The number of nitrogens with zero attached hydrogens (tertiary/aromatic N) is 1. The van der Waals surface area contributed by atoms with E-state index in [2.05, 4.69) is 4.18 Å². The summed E-state index contributed by atoms with van der Waals surface area (Å²) in [6, 6.07) is 6.25. The molecule has 0 unspecified atom stereocenters. The second-order valence-corrected chi connectivity index (χ2v) is 6.22. The first-order valence-corrected chi connectivity index (χ1v) is 7.78. The maximum Gasteiger partial charge on any atom is 0.411 e. The highest BCUT2D eigenvalue weighted by molar-refractivity contribution is 7.86. The van der Waals surface area contributed by atoms with Gasteiger partial charge in [-0.05, 0) is 31.9 Å². The van der Waals surface area contributed by atoms with Gasteiger partial charge in [0.2, 0.25) is 6.79 Å². The van der Waals surface area contributed by atoms with Gasteiger partial charge >= 0.3 is 6.09 Å². The molecule has 1 aliphatic heterocycles. The summed E-state index contributed by atoms with van der Waals surface area (Å²) in [5.41, 5.74) is 0.949. The molecule has 0 N–H and O–H groups in total. The van der Waals surface area contributed by atoms with E-state index in [0.29, 0.717) is 13.1 Å². The second kappa shape index (κ2) is 6.23. The fourth-order valence-corrected chi connectivity index (χ4v) is 2.68. The molecular formula is C13H17NO5S. The summed E-state index contributed by atoms with van der Waals surface area (Å²) in [6.07, 6.45) is 1.34. The lowest BCUT2D eigenvalue weighted by atomic mass is 10.2. The van der Waals surface area contributed by atoms with Crippen LogP contribution in [0.4, 0.5) is 4.79 Å². The molecule has 0 aliphatic carbocycles. The SMILES string of the molecule is Cc1ccc(S(=O)(=O)OCOC(=O)N2CCCC2)cc1. The molecule has 1 heterocycles. The molecule has 1 amide bonds. The van der Waals surface area contributed by atoms with Crippen molar-refractivity contribution in [1.29, 1.82) is 0 Å². The molecule has 0 bridgehead atoms. The number of hydrogen-bond acceptors (Lipinski definition) is 5. The lowest BCUT2D eigenvalue weighted by Gasteiger charge is -2.14. The monoisotopic (exact) mass is 299 g/mol. The summed E-state index contributed by atoms with van der Waals surface area (Å²) in [4.78, 5) is 13.1. The van der Waals surface area contributed by atoms with Crippen molar-refractivity contribution in [3.05, 3.63) is 29.8 Å². The molecular weight excluding hydrogens is 282 g/mol. The molecule has 1 aliphatic rings. The molecule has 0 radical (unpaired) electrons. The Morgan fingerprint density at radius 1 is 1.20 bits per heavy atom. The first kappa shape index (κ1) is 14.8. The number of likely N-dealkylation sites (tertiary alicyclic amines) is 1. The number of aryl methyl sites for hydroxylation is 1. The summed E-state index contributed by atoms with van der Waals surface area (Å²) in [6.45, 7) is 2.54. The van der Waals surface area contributed by atoms with Crippen LogP contribution in [0.15, 0.2) is 29.2 Å². The van der Waals surface area contributed by atoms with E-state index in [-0.39, 0.29) is 4.90 Å². The second-order valence-electron chi connectivity index (χ2n) is 4.61. The number of carbonyl (C=O) groups excluding carboxylic acids is 1. The van der Waals surface area contributed by atoms with Crippen LogP contribution in [0.1, 0.15) is 18.4 Å². The van der Waals surface area contributed by atoms with Crippen molar-refractivity contribution in [2.24, 2.45) is 0 Å². The molecule has 0 atom stereocenters. The standard InChI is InChI=1S/C13H17NO5S/c1-11-4-6-12(7-5-11)20(16,17)19-10-18-13(15)14-8-2-3-9-14/h4-7H,2-3,8-10H2,1H3. The highest BCUT2D eigenvalue weighted by Gasteiger charge is 2.21. The fraction of sp³-hybridized carbons (Fsp3) is 0.462. The maximum absolute atomic E-state index is 11.8. The van der Waals surface area contributed by atoms with Crippen LogP contribution < -0.4 is 0 Å². The van der Waals surface area contributed by atoms with Crippen LogP contribution in [0.25, 0.3) is 0 Å². The number of rotatable bonds is 4. The number of benzene rings is 1. The van der Waals surface area contributed by atoms with Crippen LogP contribution in [0.5, 0.6) is 0 Å². The number of ether oxygens (including phenoxy) is 1. The lowest BCUT2D eigenvalue weighted by molar-refractivity contribution is 0.0426. The van der Waals surface area contributed by atoms with E-state index in [0.717, 1.165) is 18.4 Å². The van der Waals surface area contributed by atoms with E-state index < -0.39 is 23.0 Å². The molecule has 1 saturated heterocycles. The normalized spacial score (nSPS) is 15.3. The average Bonchev–Trinajstić information content (AvgIpc) is 2.93. The predicted molar refractivity (Wildman–Crippen MR) is 71.6 cm³/mol. The van der Waals surface area contributed by atoms with Crippen LogP contribution in [-0.2, 0) is 19.0 Å². The Morgan fingerprint density at radius 3 is 2.40 bits per heavy atom. The Hall–Kier alpha value is -1.60. The van der Waals surface area contributed by atoms with Crippen LogP contribution >= 0.6 is 0 Å². The molecule has 20 heavy (non-hydrogen) atoms. The molecule has 7 heteroatoms. The number of amides is 1. The van der Waals surface area contributed by atoms with Crippen molar-refractivity contribution in [1.82, 2.24) is 4.90 Å². The highest BCUT2D eigenvalue weighted by Crippen LogP contribution is 2.14. The van der Waals surface area contributed by atoms with E-state index in [4.69, 9.17) is 4.74 Å². The van der Waals surface area contributed by atoms with Gasteiger partial charge in [0.1, 0.15) is 0 Å². The summed E-state index contributed by atoms with van der Waals surface area (Å²) < 4.78 is 33.1. The minimum atomic E-state index is -3.89. The number of hydrogen-bond donors (Lipinski definition) is 0. The minimum Gasteiger partial charge on any atom is -0.421 e. The summed E-state index contributed by atoms with van der Waals surface area (Å²) in [5.74, 6) is 0. The third kappa shape index (κ3) is 3.71. The van der Waals surface area contributed by atoms with E-state index in [1.807, 2.05) is 6.92 Å². The van der Waals surface area contributed by atoms with Crippen LogP contribution in [0, 0.1) is 6.92 Å². The number of carbonyl (C=O) groups is 1. The Morgan fingerprint density at radius 2 is 1.80 bits per heavy atom. The first-order chi connectivity index (χ1) is 9.49.